The molecule has 0 spiro atoms. The number of aryl methyl sites for hydroxylation is 1. The molecule has 3 rings (SSSR count). The van der Waals surface area contributed by atoms with Crippen molar-refractivity contribution in [1.82, 2.24) is 10.2 Å². The van der Waals surface area contributed by atoms with Crippen LogP contribution in [0.4, 0.5) is 0 Å². The van der Waals surface area contributed by atoms with Gasteiger partial charge in [-0.15, -0.1) is 0 Å². The molecule has 1 aromatic carbocycles. The second-order valence-electron chi connectivity index (χ2n) is 6.48. The van der Waals surface area contributed by atoms with Crippen LogP contribution >= 0.6 is 0 Å². The lowest BCUT2D eigenvalue weighted by Crippen LogP contribution is -2.36. The Morgan fingerprint density at radius 1 is 1.32 bits per heavy atom. The quantitative estimate of drug-likeness (QED) is 0.908. The van der Waals surface area contributed by atoms with Gasteiger partial charge in [-0.05, 0) is 43.7 Å². The van der Waals surface area contributed by atoms with Crippen molar-refractivity contribution < 1.29 is 9.59 Å². The van der Waals surface area contributed by atoms with Crippen LogP contribution in [-0.4, -0.2) is 29.8 Å². The molecule has 0 unspecified atom stereocenters. The summed E-state index contributed by atoms with van der Waals surface area (Å²) in [5.74, 6) is 0.499. The zero-order valence-corrected chi connectivity index (χ0v) is 13.3. The fourth-order valence-electron chi connectivity index (χ4n) is 3.40. The van der Waals surface area contributed by atoms with E-state index in [2.05, 4.69) is 5.32 Å². The first-order valence-corrected chi connectivity index (χ1v) is 8.24. The molecule has 2 aliphatic rings. The topological polar surface area (TPSA) is 49.4 Å². The molecule has 0 aromatic heterocycles. The minimum absolute atomic E-state index is 0.0319. The van der Waals surface area contributed by atoms with Gasteiger partial charge >= 0.3 is 0 Å². The average Bonchev–Trinajstić information content (AvgIpc) is 3.28. The van der Waals surface area contributed by atoms with Crippen LogP contribution in [0.2, 0.25) is 0 Å². The van der Waals surface area contributed by atoms with Gasteiger partial charge in [-0.2, -0.15) is 0 Å². The van der Waals surface area contributed by atoms with Gasteiger partial charge in [0.05, 0.1) is 12.0 Å². The molecule has 4 heteroatoms. The first kappa shape index (κ1) is 15.1. The van der Waals surface area contributed by atoms with Crippen LogP contribution in [0.15, 0.2) is 24.3 Å². The number of carbonyl (C=O) groups excluding carboxylic acids is 2. The van der Waals surface area contributed by atoms with Gasteiger partial charge in [-0.3, -0.25) is 9.59 Å². The SMILES string of the molecule is CCN1C(=O)C[C@@H](C(=O)NCC2CC2)[C@@H]1c1ccccc1C. The first-order chi connectivity index (χ1) is 10.6. The lowest BCUT2D eigenvalue weighted by molar-refractivity contribution is -0.129. The monoisotopic (exact) mass is 300 g/mol. The Labute approximate surface area is 131 Å². The highest BCUT2D eigenvalue weighted by atomic mass is 16.2. The van der Waals surface area contributed by atoms with Crippen molar-refractivity contribution in [2.75, 3.05) is 13.1 Å². The van der Waals surface area contributed by atoms with Crippen molar-refractivity contribution in [3.63, 3.8) is 0 Å². The third kappa shape index (κ3) is 2.87. The maximum atomic E-state index is 12.6. The van der Waals surface area contributed by atoms with Gasteiger partial charge < -0.3 is 10.2 Å². The molecule has 1 aliphatic heterocycles. The molecule has 4 nitrogen and oxygen atoms in total. The fraction of sp³-hybridized carbons (Fsp3) is 0.556. The normalized spacial score (nSPS) is 24.6. The molecule has 2 atom stereocenters. The van der Waals surface area contributed by atoms with Gasteiger partial charge in [-0.25, -0.2) is 0 Å². The fourth-order valence-corrected chi connectivity index (χ4v) is 3.40. The highest BCUT2D eigenvalue weighted by molar-refractivity contribution is 5.90. The summed E-state index contributed by atoms with van der Waals surface area (Å²) in [4.78, 5) is 26.8. The second kappa shape index (κ2) is 6.11. The number of nitrogens with zero attached hydrogens (tertiary/aromatic N) is 1. The number of hydrogen-bond acceptors (Lipinski definition) is 2. The summed E-state index contributed by atoms with van der Waals surface area (Å²) >= 11 is 0. The predicted molar refractivity (Wildman–Crippen MR) is 85.1 cm³/mol. The van der Waals surface area contributed by atoms with E-state index in [1.54, 1.807) is 0 Å². The smallest absolute Gasteiger partial charge is 0.226 e. The number of hydrogen-bond donors (Lipinski definition) is 1. The third-order valence-electron chi connectivity index (χ3n) is 4.88. The van der Waals surface area contributed by atoms with E-state index in [1.807, 2.05) is 43.0 Å². The molecule has 1 aliphatic carbocycles. The number of likely N-dealkylation sites (tertiary alicyclic amines) is 1. The number of rotatable bonds is 5. The Hall–Kier alpha value is -1.84. The Morgan fingerprint density at radius 3 is 2.68 bits per heavy atom. The zero-order chi connectivity index (χ0) is 15.7. The molecule has 1 saturated carbocycles. The van der Waals surface area contributed by atoms with Crippen LogP contribution in [-0.2, 0) is 9.59 Å². The summed E-state index contributed by atoms with van der Waals surface area (Å²) in [7, 11) is 0. The van der Waals surface area contributed by atoms with E-state index in [0.717, 1.165) is 17.7 Å². The standard InChI is InChI=1S/C18H24N2O2/c1-3-20-16(21)10-15(18(22)19-11-13-8-9-13)17(20)14-7-5-4-6-12(14)2/h4-7,13,15,17H,3,8-11H2,1-2H3,(H,19,22)/t15-,17+/m1/s1. The maximum Gasteiger partial charge on any atom is 0.226 e. The van der Waals surface area contributed by atoms with Gasteiger partial charge in [0.25, 0.3) is 0 Å². The van der Waals surface area contributed by atoms with Gasteiger partial charge in [0.2, 0.25) is 11.8 Å². The van der Waals surface area contributed by atoms with Crippen LogP contribution in [0.3, 0.4) is 0 Å². The highest BCUT2D eigenvalue weighted by Crippen LogP contribution is 2.39. The van der Waals surface area contributed by atoms with Gasteiger partial charge in [0, 0.05) is 19.5 Å². The lowest BCUT2D eigenvalue weighted by Gasteiger charge is -2.28. The van der Waals surface area contributed by atoms with Crippen molar-refractivity contribution in [1.29, 1.82) is 0 Å². The van der Waals surface area contributed by atoms with Gasteiger partial charge in [0.15, 0.2) is 0 Å². The molecule has 2 fully saturated rings. The number of benzene rings is 1. The molecule has 22 heavy (non-hydrogen) atoms. The molecule has 1 heterocycles. The van der Waals surface area contributed by atoms with E-state index in [-0.39, 0.29) is 23.8 Å². The Balaban J connectivity index is 1.84. The Kier molecular flexibility index (Phi) is 4.19. The zero-order valence-electron chi connectivity index (χ0n) is 13.3. The van der Waals surface area contributed by atoms with Crippen LogP contribution < -0.4 is 5.32 Å². The van der Waals surface area contributed by atoms with E-state index in [1.165, 1.54) is 12.8 Å². The van der Waals surface area contributed by atoms with Crippen molar-refractivity contribution in [3.8, 4) is 0 Å². The van der Waals surface area contributed by atoms with Crippen LogP contribution in [0.1, 0.15) is 43.4 Å². The van der Waals surface area contributed by atoms with E-state index >= 15 is 0 Å². The molecule has 118 valence electrons. The van der Waals surface area contributed by atoms with Crippen molar-refractivity contribution in [2.45, 2.75) is 39.2 Å². The Morgan fingerprint density at radius 2 is 2.05 bits per heavy atom. The number of nitrogens with one attached hydrogen (secondary N) is 1. The van der Waals surface area contributed by atoms with Crippen LogP contribution in [0.25, 0.3) is 0 Å². The van der Waals surface area contributed by atoms with Gasteiger partial charge in [0.1, 0.15) is 0 Å². The highest BCUT2D eigenvalue weighted by Gasteiger charge is 2.44. The van der Waals surface area contributed by atoms with E-state index in [9.17, 15) is 9.59 Å². The summed E-state index contributed by atoms with van der Waals surface area (Å²) in [5, 5.41) is 3.05. The molecular weight excluding hydrogens is 276 g/mol. The molecule has 0 bridgehead atoms. The lowest BCUT2D eigenvalue weighted by atomic mass is 9.90. The average molecular weight is 300 g/mol. The molecular formula is C18H24N2O2. The Bertz CT molecular complexity index is 580. The largest absolute Gasteiger partial charge is 0.355 e. The summed E-state index contributed by atoms with van der Waals surface area (Å²) < 4.78 is 0. The minimum atomic E-state index is -0.271. The van der Waals surface area contributed by atoms with Crippen molar-refractivity contribution >= 4 is 11.8 Å². The number of amides is 2. The third-order valence-corrected chi connectivity index (χ3v) is 4.88. The summed E-state index contributed by atoms with van der Waals surface area (Å²) in [6, 6.07) is 7.94. The van der Waals surface area contributed by atoms with E-state index in [0.29, 0.717) is 18.9 Å². The van der Waals surface area contributed by atoms with Gasteiger partial charge in [-0.1, -0.05) is 24.3 Å². The second-order valence-corrected chi connectivity index (χ2v) is 6.48. The molecule has 1 N–H and O–H groups in total. The maximum absolute atomic E-state index is 12.6. The minimum Gasteiger partial charge on any atom is -0.355 e. The molecule has 2 amide bonds. The predicted octanol–water partition coefficient (Wildman–Crippen LogP) is 2.43. The van der Waals surface area contributed by atoms with E-state index in [4.69, 9.17) is 0 Å². The van der Waals surface area contributed by atoms with Crippen LogP contribution in [0.5, 0.6) is 0 Å². The summed E-state index contributed by atoms with van der Waals surface area (Å²) in [6.07, 6.45) is 2.75. The van der Waals surface area contributed by atoms with E-state index < -0.39 is 0 Å². The number of carbonyl (C=O) groups is 2. The summed E-state index contributed by atoms with van der Waals surface area (Å²) in [6.45, 7) is 5.43. The van der Waals surface area contributed by atoms with Crippen molar-refractivity contribution in [2.24, 2.45) is 11.8 Å². The molecule has 1 saturated heterocycles. The first-order valence-electron chi connectivity index (χ1n) is 8.24. The summed E-state index contributed by atoms with van der Waals surface area (Å²) in [5.41, 5.74) is 2.24. The molecule has 1 aromatic rings. The molecule has 0 radical (unpaired) electrons. The van der Waals surface area contributed by atoms with Crippen molar-refractivity contribution in [3.05, 3.63) is 35.4 Å². The van der Waals surface area contributed by atoms with Crippen LogP contribution in [0, 0.1) is 18.8 Å².